The molecule has 3 rings (SSSR count). The Morgan fingerprint density at radius 2 is 2.00 bits per heavy atom. The molecule has 0 aliphatic heterocycles. The molecule has 0 atom stereocenters. The molecule has 1 aromatic heterocycles. The standard InChI is InChI=1S/C15H14BrN3O/c16-12-3-1-2-4-13(12)18-11-7-8-14(17-9-11)19-15(20)10-5-6-10/h1-4,7-10,18H,5-6H2,(H,17,19,20). The quantitative estimate of drug-likeness (QED) is 0.892. The highest BCUT2D eigenvalue weighted by atomic mass is 79.9. The van der Waals surface area contributed by atoms with Crippen molar-refractivity contribution < 1.29 is 4.79 Å². The third kappa shape index (κ3) is 3.17. The van der Waals surface area contributed by atoms with Gasteiger partial charge in [-0.3, -0.25) is 4.79 Å². The van der Waals surface area contributed by atoms with Crippen molar-refractivity contribution in [1.29, 1.82) is 0 Å². The molecule has 0 bridgehead atoms. The third-order valence-electron chi connectivity index (χ3n) is 3.12. The first kappa shape index (κ1) is 13.1. The molecule has 0 spiro atoms. The minimum Gasteiger partial charge on any atom is -0.353 e. The molecule has 102 valence electrons. The van der Waals surface area contributed by atoms with Crippen molar-refractivity contribution in [2.75, 3.05) is 10.6 Å². The number of para-hydroxylation sites is 1. The molecule has 5 heteroatoms. The number of carbonyl (C=O) groups excluding carboxylic acids is 1. The molecule has 1 aliphatic carbocycles. The van der Waals surface area contributed by atoms with Crippen LogP contribution < -0.4 is 10.6 Å². The average molecular weight is 332 g/mol. The molecule has 1 amide bonds. The molecule has 2 aromatic rings. The highest BCUT2D eigenvalue weighted by Crippen LogP contribution is 2.30. The van der Waals surface area contributed by atoms with Crippen molar-refractivity contribution in [3.8, 4) is 0 Å². The monoisotopic (exact) mass is 331 g/mol. The minimum atomic E-state index is 0.0732. The largest absolute Gasteiger partial charge is 0.353 e. The predicted octanol–water partition coefficient (Wildman–Crippen LogP) is 3.94. The minimum absolute atomic E-state index is 0.0732. The van der Waals surface area contributed by atoms with E-state index in [0.717, 1.165) is 28.7 Å². The number of carbonyl (C=O) groups is 1. The van der Waals surface area contributed by atoms with E-state index in [1.807, 2.05) is 30.3 Å². The molecule has 4 nitrogen and oxygen atoms in total. The van der Waals surface area contributed by atoms with E-state index in [0.29, 0.717) is 5.82 Å². The lowest BCUT2D eigenvalue weighted by Crippen LogP contribution is -2.14. The number of pyridine rings is 1. The number of hydrogen-bond acceptors (Lipinski definition) is 3. The number of nitrogens with one attached hydrogen (secondary N) is 2. The first-order valence-corrected chi connectivity index (χ1v) is 7.30. The van der Waals surface area contributed by atoms with Crippen LogP contribution in [-0.4, -0.2) is 10.9 Å². The van der Waals surface area contributed by atoms with Gasteiger partial charge in [0.1, 0.15) is 5.82 Å². The summed E-state index contributed by atoms with van der Waals surface area (Å²) in [5, 5.41) is 6.08. The topological polar surface area (TPSA) is 54.0 Å². The van der Waals surface area contributed by atoms with Crippen LogP contribution in [0.3, 0.4) is 0 Å². The molecule has 2 N–H and O–H groups in total. The Morgan fingerprint density at radius 3 is 2.65 bits per heavy atom. The van der Waals surface area contributed by atoms with E-state index in [4.69, 9.17) is 0 Å². The van der Waals surface area contributed by atoms with Gasteiger partial charge in [0.15, 0.2) is 0 Å². The van der Waals surface area contributed by atoms with Crippen LogP contribution in [0.25, 0.3) is 0 Å². The average Bonchev–Trinajstić information content (AvgIpc) is 3.28. The summed E-state index contributed by atoms with van der Waals surface area (Å²) in [6.45, 7) is 0. The Labute approximate surface area is 125 Å². The molecule has 0 radical (unpaired) electrons. The van der Waals surface area contributed by atoms with Crippen molar-refractivity contribution in [3.63, 3.8) is 0 Å². The van der Waals surface area contributed by atoms with E-state index < -0.39 is 0 Å². The van der Waals surface area contributed by atoms with Crippen molar-refractivity contribution >= 4 is 39.0 Å². The zero-order chi connectivity index (χ0) is 13.9. The van der Waals surface area contributed by atoms with Gasteiger partial charge in [-0.2, -0.15) is 0 Å². The van der Waals surface area contributed by atoms with Gasteiger partial charge in [0, 0.05) is 10.4 Å². The van der Waals surface area contributed by atoms with Crippen LogP contribution in [0.4, 0.5) is 17.2 Å². The molecule has 1 heterocycles. The van der Waals surface area contributed by atoms with Crippen LogP contribution in [-0.2, 0) is 4.79 Å². The van der Waals surface area contributed by atoms with Gasteiger partial charge in [0.05, 0.1) is 17.6 Å². The number of nitrogens with zero attached hydrogens (tertiary/aromatic N) is 1. The van der Waals surface area contributed by atoms with E-state index in [9.17, 15) is 4.79 Å². The number of anilines is 3. The molecule has 1 saturated carbocycles. The van der Waals surface area contributed by atoms with E-state index in [1.54, 1.807) is 12.3 Å². The molecular weight excluding hydrogens is 318 g/mol. The van der Waals surface area contributed by atoms with Crippen LogP contribution in [0.5, 0.6) is 0 Å². The summed E-state index contributed by atoms with van der Waals surface area (Å²) in [4.78, 5) is 15.9. The van der Waals surface area contributed by atoms with Crippen molar-refractivity contribution in [2.45, 2.75) is 12.8 Å². The molecule has 0 saturated heterocycles. The Morgan fingerprint density at radius 1 is 1.20 bits per heavy atom. The Hall–Kier alpha value is -1.88. The summed E-state index contributed by atoms with van der Waals surface area (Å²) in [5.74, 6) is 0.860. The lowest BCUT2D eigenvalue weighted by molar-refractivity contribution is -0.117. The van der Waals surface area contributed by atoms with E-state index in [2.05, 4.69) is 31.5 Å². The van der Waals surface area contributed by atoms with E-state index in [-0.39, 0.29) is 11.8 Å². The van der Waals surface area contributed by atoms with Crippen LogP contribution >= 0.6 is 15.9 Å². The van der Waals surface area contributed by atoms with E-state index in [1.165, 1.54) is 0 Å². The first-order chi connectivity index (χ1) is 9.72. The fraction of sp³-hybridized carbons (Fsp3) is 0.200. The molecule has 20 heavy (non-hydrogen) atoms. The fourth-order valence-corrected chi connectivity index (χ4v) is 2.22. The summed E-state index contributed by atoms with van der Waals surface area (Å²) >= 11 is 3.48. The van der Waals surface area contributed by atoms with E-state index >= 15 is 0 Å². The lowest BCUT2D eigenvalue weighted by atomic mass is 10.3. The summed E-state index contributed by atoms with van der Waals surface area (Å²) in [6.07, 6.45) is 3.70. The van der Waals surface area contributed by atoms with Crippen LogP contribution in [0.15, 0.2) is 47.1 Å². The Bertz CT molecular complexity index is 623. The summed E-state index contributed by atoms with van der Waals surface area (Å²) in [6, 6.07) is 11.6. The van der Waals surface area contributed by atoms with Crippen molar-refractivity contribution in [2.24, 2.45) is 5.92 Å². The Kier molecular flexibility index (Phi) is 3.69. The number of halogens is 1. The number of aromatic nitrogens is 1. The maximum Gasteiger partial charge on any atom is 0.228 e. The van der Waals surface area contributed by atoms with Gasteiger partial charge in [-0.1, -0.05) is 12.1 Å². The van der Waals surface area contributed by atoms with Crippen molar-refractivity contribution in [3.05, 3.63) is 47.1 Å². The second kappa shape index (κ2) is 5.63. The summed E-state index contributed by atoms with van der Waals surface area (Å²) in [5.41, 5.74) is 1.85. The van der Waals surface area contributed by atoms with Gasteiger partial charge in [0.2, 0.25) is 5.91 Å². The van der Waals surface area contributed by atoms with Gasteiger partial charge in [-0.05, 0) is 53.0 Å². The van der Waals surface area contributed by atoms with Crippen LogP contribution in [0.1, 0.15) is 12.8 Å². The van der Waals surface area contributed by atoms with Gasteiger partial charge >= 0.3 is 0 Å². The maximum atomic E-state index is 11.6. The molecule has 1 aromatic carbocycles. The number of amides is 1. The molecule has 1 fully saturated rings. The predicted molar refractivity (Wildman–Crippen MR) is 83.0 cm³/mol. The zero-order valence-electron chi connectivity index (χ0n) is 10.8. The number of rotatable bonds is 4. The normalized spacial score (nSPS) is 13.8. The van der Waals surface area contributed by atoms with Crippen molar-refractivity contribution in [1.82, 2.24) is 4.98 Å². The summed E-state index contributed by atoms with van der Waals surface area (Å²) in [7, 11) is 0. The SMILES string of the molecule is O=C(Nc1ccc(Nc2ccccc2Br)cn1)C1CC1. The molecule has 1 aliphatic rings. The molecule has 0 unspecified atom stereocenters. The summed E-state index contributed by atoms with van der Waals surface area (Å²) < 4.78 is 0.992. The first-order valence-electron chi connectivity index (χ1n) is 6.51. The zero-order valence-corrected chi connectivity index (χ0v) is 12.4. The molecular formula is C15H14BrN3O. The Balaban J connectivity index is 1.66. The highest BCUT2D eigenvalue weighted by molar-refractivity contribution is 9.10. The van der Waals surface area contributed by atoms with Crippen LogP contribution in [0, 0.1) is 5.92 Å². The van der Waals surface area contributed by atoms with Gasteiger partial charge in [-0.25, -0.2) is 4.98 Å². The number of benzene rings is 1. The third-order valence-corrected chi connectivity index (χ3v) is 3.81. The van der Waals surface area contributed by atoms with Gasteiger partial charge in [0.25, 0.3) is 0 Å². The highest BCUT2D eigenvalue weighted by Gasteiger charge is 2.29. The smallest absolute Gasteiger partial charge is 0.228 e. The fourth-order valence-electron chi connectivity index (χ4n) is 1.83. The number of hydrogen-bond donors (Lipinski definition) is 2. The second-order valence-electron chi connectivity index (χ2n) is 4.80. The second-order valence-corrected chi connectivity index (χ2v) is 5.65. The van der Waals surface area contributed by atoms with Crippen LogP contribution in [0.2, 0.25) is 0 Å². The van der Waals surface area contributed by atoms with Gasteiger partial charge in [-0.15, -0.1) is 0 Å². The van der Waals surface area contributed by atoms with Gasteiger partial charge < -0.3 is 10.6 Å². The maximum absolute atomic E-state index is 11.6. The lowest BCUT2D eigenvalue weighted by Gasteiger charge is -2.09.